The van der Waals surface area contributed by atoms with Crippen LogP contribution in [-0.4, -0.2) is 0 Å². The number of rotatable bonds is 6. The Kier molecular flexibility index (Phi) is 6.57. The number of hydrogen-bond acceptors (Lipinski definition) is 0. The second kappa shape index (κ2) is 6.98. The van der Waals surface area contributed by atoms with Crippen LogP contribution in [0.3, 0.4) is 0 Å². The first-order valence-corrected chi connectivity index (χ1v) is 4.81. The van der Waals surface area contributed by atoms with Gasteiger partial charge in [0.05, 0.1) is 0 Å². The summed E-state index contributed by atoms with van der Waals surface area (Å²) in [7, 11) is 0. The van der Waals surface area contributed by atoms with E-state index in [9.17, 15) is 0 Å². The van der Waals surface area contributed by atoms with Gasteiger partial charge >= 0.3 is 0 Å². The molecule has 0 aliphatic carbocycles. The van der Waals surface area contributed by atoms with Crippen LogP contribution in [0, 0.1) is 18.3 Å². The molecule has 0 spiro atoms. The minimum Gasteiger partial charge on any atom is -0.120 e. The fraction of sp³-hybridized carbons (Fsp3) is 0.667. The van der Waals surface area contributed by atoms with Crippen molar-refractivity contribution in [3.63, 3.8) is 0 Å². The molecule has 0 bridgehead atoms. The highest BCUT2D eigenvalue weighted by Gasteiger charge is 2.03. The quantitative estimate of drug-likeness (QED) is 0.318. The molecule has 0 N–H and O–H groups in total. The monoisotopic (exact) mass is 164 g/mol. The maximum atomic E-state index is 5.41. The Balaban J connectivity index is 3.55. The Bertz CT molecular complexity index is 159. The van der Waals surface area contributed by atoms with E-state index in [4.69, 9.17) is 6.42 Å². The summed E-state index contributed by atoms with van der Waals surface area (Å²) in [5, 5.41) is 0. The molecule has 0 aliphatic rings. The van der Waals surface area contributed by atoms with Gasteiger partial charge in [-0.25, -0.2) is 0 Å². The Hall–Kier alpha value is -0.700. The Labute approximate surface area is 77.1 Å². The molecule has 0 saturated carbocycles. The SMILES string of the molecule is C#CC(CCCCC)CC(=C)C. The van der Waals surface area contributed by atoms with Crippen LogP contribution < -0.4 is 0 Å². The number of allylic oxidation sites excluding steroid dienone is 1. The lowest BCUT2D eigenvalue weighted by Crippen LogP contribution is -1.97. The van der Waals surface area contributed by atoms with Gasteiger partial charge in [-0.1, -0.05) is 31.8 Å². The fourth-order valence-electron chi connectivity index (χ4n) is 1.31. The molecule has 0 aromatic heterocycles. The average molecular weight is 164 g/mol. The van der Waals surface area contributed by atoms with Gasteiger partial charge in [-0.2, -0.15) is 0 Å². The molecular weight excluding hydrogens is 144 g/mol. The lowest BCUT2D eigenvalue weighted by molar-refractivity contribution is 0.550. The lowest BCUT2D eigenvalue weighted by Gasteiger charge is -2.09. The van der Waals surface area contributed by atoms with Gasteiger partial charge in [0.2, 0.25) is 0 Å². The summed E-state index contributed by atoms with van der Waals surface area (Å²) in [5.74, 6) is 3.26. The molecule has 0 radical (unpaired) electrons. The van der Waals surface area contributed by atoms with E-state index in [1.807, 2.05) is 6.92 Å². The van der Waals surface area contributed by atoms with E-state index < -0.39 is 0 Å². The molecular formula is C12H20. The minimum atomic E-state index is 0.425. The molecule has 12 heavy (non-hydrogen) atoms. The zero-order chi connectivity index (χ0) is 9.40. The van der Waals surface area contributed by atoms with E-state index in [2.05, 4.69) is 19.4 Å². The number of terminal acetylenes is 1. The molecule has 0 rings (SSSR count). The fourth-order valence-corrected chi connectivity index (χ4v) is 1.31. The summed E-state index contributed by atoms with van der Waals surface area (Å²) in [5.41, 5.74) is 1.20. The Morgan fingerprint density at radius 2 is 2.17 bits per heavy atom. The Morgan fingerprint density at radius 1 is 1.50 bits per heavy atom. The van der Waals surface area contributed by atoms with E-state index in [-0.39, 0.29) is 0 Å². The standard InChI is InChI=1S/C12H20/c1-5-7-8-9-12(6-2)10-11(3)4/h2,12H,3,5,7-10H2,1,4H3. The predicted octanol–water partition coefficient (Wildman–Crippen LogP) is 3.78. The van der Waals surface area contributed by atoms with Crippen molar-refractivity contribution in [1.29, 1.82) is 0 Å². The highest BCUT2D eigenvalue weighted by atomic mass is 14.1. The van der Waals surface area contributed by atoms with E-state index in [0.29, 0.717) is 5.92 Å². The average Bonchev–Trinajstić information content (AvgIpc) is 2.02. The van der Waals surface area contributed by atoms with Crippen molar-refractivity contribution in [3.05, 3.63) is 12.2 Å². The van der Waals surface area contributed by atoms with Crippen molar-refractivity contribution < 1.29 is 0 Å². The summed E-state index contributed by atoms with van der Waals surface area (Å²) in [4.78, 5) is 0. The van der Waals surface area contributed by atoms with Crippen LogP contribution in [0.25, 0.3) is 0 Å². The van der Waals surface area contributed by atoms with Gasteiger partial charge in [-0.05, 0) is 19.8 Å². The van der Waals surface area contributed by atoms with Crippen LogP contribution in [0.4, 0.5) is 0 Å². The van der Waals surface area contributed by atoms with Crippen LogP contribution in [0.1, 0.15) is 46.0 Å². The topological polar surface area (TPSA) is 0 Å². The molecule has 0 amide bonds. The van der Waals surface area contributed by atoms with Crippen molar-refractivity contribution in [2.75, 3.05) is 0 Å². The maximum Gasteiger partial charge on any atom is 0.0237 e. The van der Waals surface area contributed by atoms with Gasteiger partial charge in [-0.3, -0.25) is 0 Å². The Morgan fingerprint density at radius 3 is 2.58 bits per heavy atom. The van der Waals surface area contributed by atoms with Crippen molar-refractivity contribution in [2.45, 2.75) is 46.0 Å². The molecule has 0 heteroatoms. The maximum absolute atomic E-state index is 5.41. The number of hydrogen-bond donors (Lipinski definition) is 0. The zero-order valence-corrected chi connectivity index (χ0v) is 8.40. The predicted molar refractivity (Wildman–Crippen MR) is 55.9 cm³/mol. The minimum absolute atomic E-state index is 0.425. The normalized spacial score (nSPS) is 12.1. The van der Waals surface area contributed by atoms with Crippen LogP contribution in [0.5, 0.6) is 0 Å². The van der Waals surface area contributed by atoms with E-state index in [0.717, 1.165) is 12.8 Å². The second-order valence-corrected chi connectivity index (χ2v) is 3.52. The van der Waals surface area contributed by atoms with E-state index >= 15 is 0 Å². The first-order chi connectivity index (χ1) is 5.70. The molecule has 0 saturated heterocycles. The summed E-state index contributed by atoms with van der Waals surface area (Å²) < 4.78 is 0. The second-order valence-electron chi connectivity index (χ2n) is 3.52. The van der Waals surface area contributed by atoms with Crippen LogP contribution in [0.2, 0.25) is 0 Å². The van der Waals surface area contributed by atoms with Crippen LogP contribution in [0.15, 0.2) is 12.2 Å². The van der Waals surface area contributed by atoms with Crippen LogP contribution in [-0.2, 0) is 0 Å². The molecule has 1 unspecified atom stereocenters. The summed E-state index contributed by atoms with van der Waals surface area (Å²) >= 11 is 0. The van der Waals surface area contributed by atoms with Crippen molar-refractivity contribution >= 4 is 0 Å². The molecule has 1 atom stereocenters. The molecule has 68 valence electrons. The highest BCUT2D eigenvalue weighted by molar-refractivity contribution is 5.01. The molecule has 0 nitrogen and oxygen atoms in total. The van der Waals surface area contributed by atoms with Gasteiger partial charge in [0.15, 0.2) is 0 Å². The van der Waals surface area contributed by atoms with E-state index in [1.165, 1.54) is 24.8 Å². The smallest absolute Gasteiger partial charge is 0.0237 e. The largest absolute Gasteiger partial charge is 0.120 e. The van der Waals surface area contributed by atoms with Gasteiger partial charge in [0.1, 0.15) is 0 Å². The van der Waals surface area contributed by atoms with Crippen molar-refractivity contribution in [3.8, 4) is 12.3 Å². The highest BCUT2D eigenvalue weighted by Crippen LogP contribution is 2.16. The summed E-state index contributed by atoms with van der Waals surface area (Å²) in [6.07, 6.45) is 11.4. The van der Waals surface area contributed by atoms with Gasteiger partial charge in [-0.15, -0.1) is 18.9 Å². The zero-order valence-electron chi connectivity index (χ0n) is 8.40. The number of unbranched alkanes of at least 4 members (excludes halogenated alkanes) is 2. The lowest BCUT2D eigenvalue weighted by atomic mass is 9.96. The molecule has 0 fully saturated rings. The first-order valence-electron chi connectivity index (χ1n) is 4.81. The van der Waals surface area contributed by atoms with Gasteiger partial charge in [0.25, 0.3) is 0 Å². The van der Waals surface area contributed by atoms with Crippen molar-refractivity contribution in [1.82, 2.24) is 0 Å². The molecule has 0 aromatic carbocycles. The van der Waals surface area contributed by atoms with Gasteiger partial charge < -0.3 is 0 Å². The van der Waals surface area contributed by atoms with Crippen LogP contribution >= 0.6 is 0 Å². The third-order valence-corrected chi connectivity index (χ3v) is 1.99. The van der Waals surface area contributed by atoms with Crippen molar-refractivity contribution in [2.24, 2.45) is 5.92 Å². The molecule has 0 aliphatic heterocycles. The van der Waals surface area contributed by atoms with E-state index in [1.54, 1.807) is 0 Å². The molecule has 0 aromatic rings. The third-order valence-electron chi connectivity index (χ3n) is 1.99. The summed E-state index contributed by atoms with van der Waals surface area (Å²) in [6.45, 7) is 8.13. The summed E-state index contributed by atoms with van der Waals surface area (Å²) in [6, 6.07) is 0. The third kappa shape index (κ3) is 6.04. The molecule has 0 heterocycles. The first kappa shape index (κ1) is 11.3. The van der Waals surface area contributed by atoms with Gasteiger partial charge in [0, 0.05) is 5.92 Å².